The zero-order chi connectivity index (χ0) is 37.2. The number of likely N-dealkylation sites (N-methyl/N-ethyl adjacent to an activating group) is 1. The highest BCUT2D eigenvalue weighted by atomic mass is 31.2. The number of unbranched alkanes of at least 4 members (excludes halogenated alkanes) is 23. The van der Waals surface area contributed by atoms with Gasteiger partial charge in [-0.1, -0.05) is 161 Å². The topological polar surface area (TPSA) is 105 Å². The fourth-order valence-corrected chi connectivity index (χ4v) is 6.83. The molecule has 298 valence electrons. The predicted molar refractivity (Wildman–Crippen MR) is 212 cm³/mol. The molecule has 0 heterocycles. The summed E-state index contributed by atoms with van der Waals surface area (Å²) in [6.07, 6.45) is 36.6. The molecule has 0 aliphatic heterocycles. The summed E-state index contributed by atoms with van der Waals surface area (Å²) >= 11 is 0. The summed E-state index contributed by atoms with van der Waals surface area (Å²) in [6, 6.07) is -0.769. The van der Waals surface area contributed by atoms with E-state index in [0.29, 0.717) is 23.9 Å². The van der Waals surface area contributed by atoms with Crippen molar-refractivity contribution in [3.05, 3.63) is 12.2 Å². The van der Waals surface area contributed by atoms with E-state index in [9.17, 15) is 19.4 Å². The summed E-state index contributed by atoms with van der Waals surface area (Å²) in [6.45, 7) is 4.85. The van der Waals surface area contributed by atoms with Crippen LogP contribution in [0.2, 0.25) is 0 Å². The molecule has 0 aromatic rings. The predicted octanol–water partition coefficient (Wildman–Crippen LogP) is 11.2. The summed E-state index contributed by atoms with van der Waals surface area (Å²) < 4.78 is 23.5. The summed E-state index contributed by atoms with van der Waals surface area (Å²) in [4.78, 5) is 23.1. The van der Waals surface area contributed by atoms with Crippen molar-refractivity contribution in [3.63, 3.8) is 0 Å². The van der Waals surface area contributed by atoms with E-state index in [4.69, 9.17) is 9.05 Å². The molecule has 50 heavy (non-hydrogen) atoms. The third-order valence-electron chi connectivity index (χ3n) is 9.51. The van der Waals surface area contributed by atoms with Crippen LogP contribution >= 0.6 is 7.82 Å². The highest BCUT2D eigenvalue weighted by Crippen LogP contribution is 2.43. The first-order valence-corrected chi connectivity index (χ1v) is 22.5. The molecule has 0 aromatic heterocycles. The van der Waals surface area contributed by atoms with Crippen LogP contribution in [0.3, 0.4) is 0 Å². The van der Waals surface area contributed by atoms with Crippen LogP contribution in [0.5, 0.6) is 0 Å². The van der Waals surface area contributed by atoms with Crippen molar-refractivity contribution < 1.29 is 32.9 Å². The second kappa shape index (κ2) is 34.0. The molecule has 0 rings (SSSR count). The Labute approximate surface area is 310 Å². The number of phosphoric acid groups is 1. The lowest BCUT2D eigenvalue weighted by atomic mass is 10.0. The van der Waals surface area contributed by atoms with Crippen molar-refractivity contribution in [2.45, 2.75) is 206 Å². The lowest BCUT2D eigenvalue weighted by molar-refractivity contribution is -0.870. The van der Waals surface area contributed by atoms with Crippen LogP contribution in [-0.2, 0) is 18.4 Å². The van der Waals surface area contributed by atoms with E-state index in [0.717, 1.165) is 44.9 Å². The van der Waals surface area contributed by atoms with Gasteiger partial charge >= 0.3 is 7.82 Å². The number of rotatable bonds is 38. The number of aliphatic hydroxyl groups is 1. The molecule has 0 bridgehead atoms. The number of amides is 1. The number of hydrogen-bond acceptors (Lipinski definition) is 5. The Morgan fingerprint density at radius 1 is 0.660 bits per heavy atom. The molecule has 9 heteroatoms. The zero-order valence-corrected chi connectivity index (χ0v) is 34.5. The number of allylic oxidation sites excluding steroid dienone is 2. The van der Waals surface area contributed by atoms with Crippen LogP contribution in [-0.4, -0.2) is 73.4 Å². The van der Waals surface area contributed by atoms with Crippen molar-refractivity contribution in [1.82, 2.24) is 5.32 Å². The van der Waals surface area contributed by atoms with Gasteiger partial charge in [0.15, 0.2) is 0 Å². The summed E-state index contributed by atoms with van der Waals surface area (Å²) in [7, 11) is 1.60. The summed E-state index contributed by atoms with van der Waals surface area (Å²) in [5, 5.41) is 13.9. The van der Waals surface area contributed by atoms with Gasteiger partial charge in [-0.05, 0) is 38.5 Å². The molecule has 8 nitrogen and oxygen atoms in total. The minimum Gasteiger partial charge on any atom is -0.391 e. The molecular weight excluding hydrogens is 647 g/mol. The Hall–Kier alpha value is -0.760. The molecule has 1 amide bonds. The number of quaternary nitrogens is 1. The van der Waals surface area contributed by atoms with Crippen LogP contribution < -0.4 is 5.32 Å². The van der Waals surface area contributed by atoms with Crippen LogP contribution in [0.15, 0.2) is 12.2 Å². The minimum atomic E-state index is -4.31. The fraction of sp³-hybridized carbons (Fsp3) is 0.927. The summed E-state index contributed by atoms with van der Waals surface area (Å²) in [5.74, 6) is -0.153. The van der Waals surface area contributed by atoms with E-state index >= 15 is 0 Å². The number of phosphoric ester groups is 1. The Bertz CT molecular complexity index is 834. The van der Waals surface area contributed by atoms with Gasteiger partial charge in [-0.25, -0.2) is 4.57 Å². The van der Waals surface area contributed by atoms with Gasteiger partial charge < -0.3 is 19.8 Å². The van der Waals surface area contributed by atoms with Crippen LogP contribution in [0, 0.1) is 0 Å². The van der Waals surface area contributed by atoms with E-state index in [-0.39, 0.29) is 19.1 Å². The van der Waals surface area contributed by atoms with Gasteiger partial charge in [0.25, 0.3) is 0 Å². The normalized spacial score (nSPS) is 14.6. The first-order valence-electron chi connectivity index (χ1n) is 21.1. The van der Waals surface area contributed by atoms with E-state index in [2.05, 4.69) is 31.3 Å². The third-order valence-corrected chi connectivity index (χ3v) is 10.5. The number of nitrogens with zero attached hydrogens (tertiary/aromatic N) is 1. The second-order valence-corrected chi connectivity index (χ2v) is 17.2. The first-order chi connectivity index (χ1) is 24.0. The summed E-state index contributed by atoms with van der Waals surface area (Å²) in [5.41, 5.74) is 0. The average Bonchev–Trinajstić information content (AvgIpc) is 3.06. The van der Waals surface area contributed by atoms with Crippen molar-refractivity contribution in [2.75, 3.05) is 40.9 Å². The van der Waals surface area contributed by atoms with Gasteiger partial charge in [0, 0.05) is 6.42 Å². The number of hydrogen-bond donors (Lipinski definition) is 3. The van der Waals surface area contributed by atoms with Gasteiger partial charge in [0.1, 0.15) is 13.2 Å². The number of aliphatic hydroxyl groups excluding tert-OH is 1. The van der Waals surface area contributed by atoms with Gasteiger partial charge in [-0.15, -0.1) is 0 Å². The standard InChI is InChI=1S/C41H83N2O6P/c1-6-8-10-12-14-16-18-20-21-22-23-25-27-29-31-33-35-41(45)42-39(38-49-50(46,47)48-37-36-43(3,4)5)40(44)34-32-30-28-26-24-19-17-15-13-11-9-7-2/h24,26,39-40,44H,6-23,25,27-38H2,1-5H3,(H-,42,45,46,47)/p+1/b26-24+/t39-,40+/m0/s1. The number of carbonyl (C=O) groups is 1. The maximum absolute atomic E-state index is 12.8. The second-order valence-electron chi connectivity index (χ2n) is 15.7. The monoisotopic (exact) mass is 732 g/mol. The van der Waals surface area contributed by atoms with Gasteiger partial charge in [-0.3, -0.25) is 13.8 Å². The van der Waals surface area contributed by atoms with Gasteiger partial charge in [0.2, 0.25) is 5.91 Å². The van der Waals surface area contributed by atoms with E-state index in [1.807, 2.05) is 21.1 Å². The Kier molecular flexibility index (Phi) is 33.5. The van der Waals surface area contributed by atoms with Gasteiger partial charge in [0.05, 0.1) is 39.9 Å². The Morgan fingerprint density at radius 3 is 1.54 bits per heavy atom. The van der Waals surface area contributed by atoms with Crippen LogP contribution in [0.4, 0.5) is 0 Å². The largest absolute Gasteiger partial charge is 0.472 e. The van der Waals surface area contributed by atoms with E-state index in [1.165, 1.54) is 122 Å². The molecule has 0 aliphatic rings. The fourth-order valence-electron chi connectivity index (χ4n) is 6.10. The number of nitrogens with one attached hydrogen (secondary N) is 1. The molecular formula is C41H84N2O6P+. The van der Waals surface area contributed by atoms with Crippen molar-refractivity contribution >= 4 is 13.7 Å². The maximum Gasteiger partial charge on any atom is 0.472 e. The highest BCUT2D eigenvalue weighted by Gasteiger charge is 2.28. The quantitative estimate of drug-likeness (QED) is 0.0253. The Balaban J connectivity index is 4.40. The molecule has 0 spiro atoms. The lowest BCUT2D eigenvalue weighted by Crippen LogP contribution is -2.46. The third kappa shape index (κ3) is 35.6. The number of carbonyl (C=O) groups excluding carboxylic acids is 1. The first kappa shape index (κ1) is 49.2. The Morgan fingerprint density at radius 2 is 1.08 bits per heavy atom. The zero-order valence-electron chi connectivity index (χ0n) is 33.7. The lowest BCUT2D eigenvalue weighted by Gasteiger charge is -2.26. The van der Waals surface area contributed by atoms with Gasteiger partial charge in [-0.2, -0.15) is 0 Å². The molecule has 3 N–H and O–H groups in total. The van der Waals surface area contributed by atoms with Crippen molar-refractivity contribution in [1.29, 1.82) is 0 Å². The van der Waals surface area contributed by atoms with Crippen LogP contribution in [0.25, 0.3) is 0 Å². The molecule has 0 aromatic carbocycles. The molecule has 1 unspecified atom stereocenters. The van der Waals surface area contributed by atoms with Crippen molar-refractivity contribution in [3.8, 4) is 0 Å². The maximum atomic E-state index is 12.8. The molecule has 0 radical (unpaired) electrons. The minimum absolute atomic E-state index is 0.0719. The SMILES string of the molecule is CCCCCCCC/C=C/CCCC[C@@H](O)[C@H](COP(=O)(O)OCC[N+](C)(C)C)NC(=O)CCCCCCCCCCCCCCCCCC. The molecule has 0 aliphatic carbocycles. The molecule has 0 saturated carbocycles. The van der Waals surface area contributed by atoms with E-state index < -0.39 is 20.0 Å². The molecule has 3 atom stereocenters. The highest BCUT2D eigenvalue weighted by molar-refractivity contribution is 7.47. The average molecular weight is 732 g/mol. The van der Waals surface area contributed by atoms with E-state index in [1.54, 1.807) is 0 Å². The molecule has 0 fully saturated rings. The smallest absolute Gasteiger partial charge is 0.391 e. The van der Waals surface area contributed by atoms with Crippen molar-refractivity contribution in [2.24, 2.45) is 0 Å². The molecule has 0 saturated heterocycles. The van der Waals surface area contributed by atoms with Crippen LogP contribution in [0.1, 0.15) is 194 Å².